The van der Waals surface area contributed by atoms with Gasteiger partial charge in [0.2, 0.25) is 17.7 Å². The summed E-state index contributed by atoms with van der Waals surface area (Å²) < 4.78 is 18.8. The molecule has 0 saturated carbocycles. The van der Waals surface area contributed by atoms with Crippen LogP contribution in [0.25, 0.3) is 0 Å². The summed E-state index contributed by atoms with van der Waals surface area (Å²) in [6, 6.07) is 19.3. The number of nitrogens with zero attached hydrogens (tertiary/aromatic N) is 4. The number of unbranched alkanes of at least 4 members (excludes halogenated alkanes) is 3. The SMILES string of the molecule is COc1cc(N2CCC(NC(=O)CCCCCCc3cccc4c3CN(C3CCC(=O)NC3=O)C4=O)CC2)ccc1Cc1ncc(Cl)c(Cc2ccccc2P(C)(C)=O)n1. The number of halogens is 1. The molecular formula is C46H54ClN6O6P. The van der Waals surface area contributed by atoms with Gasteiger partial charge in [0, 0.05) is 85.7 Å². The topological polar surface area (TPSA) is 151 Å². The number of benzene rings is 3. The minimum Gasteiger partial charge on any atom is -0.496 e. The lowest BCUT2D eigenvalue weighted by Crippen LogP contribution is -2.52. The molecule has 0 bridgehead atoms. The molecule has 3 aliphatic rings. The zero-order chi connectivity index (χ0) is 42.4. The van der Waals surface area contributed by atoms with Crippen LogP contribution in [0.1, 0.15) is 102 Å². The van der Waals surface area contributed by atoms with E-state index < -0.39 is 19.1 Å². The normalized spacial score (nSPS) is 17.1. The number of imide groups is 1. The van der Waals surface area contributed by atoms with Crippen LogP contribution in [0, 0.1) is 0 Å². The highest BCUT2D eigenvalue weighted by Crippen LogP contribution is 2.37. The van der Waals surface area contributed by atoms with E-state index in [9.17, 15) is 23.7 Å². The van der Waals surface area contributed by atoms with Crippen molar-refractivity contribution in [1.29, 1.82) is 0 Å². The van der Waals surface area contributed by atoms with Crippen LogP contribution in [-0.4, -0.2) is 84.1 Å². The van der Waals surface area contributed by atoms with Gasteiger partial charge in [0.1, 0.15) is 24.8 Å². The van der Waals surface area contributed by atoms with E-state index in [1.165, 1.54) is 0 Å². The van der Waals surface area contributed by atoms with Crippen molar-refractivity contribution in [2.75, 3.05) is 38.4 Å². The van der Waals surface area contributed by atoms with Gasteiger partial charge in [0.15, 0.2) is 0 Å². The van der Waals surface area contributed by atoms with Crippen LogP contribution in [0.15, 0.2) is 66.9 Å². The number of rotatable bonds is 16. The number of carbonyl (C=O) groups is 4. The highest BCUT2D eigenvalue weighted by molar-refractivity contribution is 7.70. The van der Waals surface area contributed by atoms with Crippen LogP contribution in [0.5, 0.6) is 5.75 Å². The molecule has 2 saturated heterocycles. The van der Waals surface area contributed by atoms with E-state index in [0.717, 1.165) is 97.0 Å². The summed E-state index contributed by atoms with van der Waals surface area (Å²) in [5, 5.41) is 6.93. The molecule has 2 N–H and O–H groups in total. The van der Waals surface area contributed by atoms with E-state index in [1.54, 1.807) is 31.5 Å². The lowest BCUT2D eigenvalue weighted by molar-refractivity contribution is -0.137. The van der Waals surface area contributed by atoms with Crippen molar-refractivity contribution in [3.63, 3.8) is 0 Å². The number of anilines is 1. The van der Waals surface area contributed by atoms with Crippen molar-refractivity contribution in [3.8, 4) is 5.75 Å². The molecule has 1 unspecified atom stereocenters. The van der Waals surface area contributed by atoms with Gasteiger partial charge >= 0.3 is 0 Å². The lowest BCUT2D eigenvalue weighted by atomic mass is 9.98. The number of amides is 4. The molecule has 1 aromatic heterocycles. The molecule has 12 nitrogen and oxygen atoms in total. The molecule has 316 valence electrons. The summed E-state index contributed by atoms with van der Waals surface area (Å²) >= 11 is 6.55. The number of methoxy groups -OCH3 is 1. The van der Waals surface area contributed by atoms with Crippen LogP contribution < -0.4 is 25.6 Å². The molecule has 3 aromatic carbocycles. The lowest BCUT2D eigenvalue weighted by Gasteiger charge is -2.34. The van der Waals surface area contributed by atoms with Gasteiger partial charge in [-0.15, -0.1) is 0 Å². The van der Waals surface area contributed by atoms with Crippen molar-refractivity contribution in [2.24, 2.45) is 0 Å². The third kappa shape index (κ3) is 10.3. The number of piperidine rings is 2. The summed E-state index contributed by atoms with van der Waals surface area (Å²) in [6.45, 7) is 5.58. The Morgan fingerprint density at radius 3 is 2.47 bits per heavy atom. The minimum atomic E-state index is -2.48. The number of aromatic nitrogens is 2. The van der Waals surface area contributed by atoms with E-state index >= 15 is 0 Å². The van der Waals surface area contributed by atoms with E-state index in [1.807, 2.05) is 36.4 Å². The van der Waals surface area contributed by atoms with Gasteiger partial charge in [-0.25, -0.2) is 9.97 Å². The Hall–Kier alpha value is -5.06. The van der Waals surface area contributed by atoms with E-state index in [4.69, 9.17) is 21.3 Å². The molecular weight excluding hydrogens is 799 g/mol. The number of fused-ring (bicyclic) bond motifs is 1. The quantitative estimate of drug-likeness (QED) is 0.0722. The molecule has 4 aromatic rings. The van der Waals surface area contributed by atoms with Gasteiger partial charge in [-0.05, 0) is 80.7 Å². The molecule has 2 fully saturated rings. The molecule has 0 spiro atoms. The van der Waals surface area contributed by atoms with Gasteiger partial charge in [-0.1, -0.05) is 66.9 Å². The first kappa shape index (κ1) is 43.0. The van der Waals surface area contributed by atoms with Crippen LogP contribution in [-0.2, 0) is 44.8 Å². The molecule has 0 aliphatic carbocycles. The van der Waals surface area contributed by atoms with Gasteiger partial charge in [-0.3, -0.25) is 24.5 Å². The third-order valence-corrected chi connectivity index (χ3v) is 13.8. The summed E-state index contributed by atoms with van der Waals surface area (Å²) in [7, 11) is -0.813. The van der Waals surface area contributed by atoms with E-state index in [0.29, 0.717) is 54.3 Å². The average molecular weight is 853 g/mol. The number of nitrogens with one attached hydrogen (secondary N) is 2. The Labute approximate surface area is 357 Å². The highest BCUT2D eigenvalue weighted by Gasteiger charge is 2.39. The summed E-state index contributed by atoms with van der Waals surface area (Å²) in [5.74, 6) is 0.645. The van der Waals surface area contributed by atoms with Gasteiger partial charge < -0.3 is 24.4 Å². The maximum atomic E-state index is 13.1. The molecule has 0 radical (unpaired) electrons. The fourth-order valence-electron chi connectivity index (χ4n) is 8.69. The summed E-state index contributed by atoms with van der Waals surface area (Å²) in [4.78, 5) is 63.3. The predicted octanol–water partition coefficient (Wildman–Crippen LogP) is 6.61. The third-order valence-electron chi connectivity index (χ3n) is 11.9. The monoisotopic (exact) mass is 852 g/mol. The number of ether oxygens (including phenoxy) is 1. The zero-order valence-electron chi connectivity index (χ0n) is 34.7. The second kappa shape index (κ2) is 19.1. The summed E-state index contributed by atoms with van der Waals surface area (Å²) in [6.07, 6.45) is 9.90. The molecule has 3 aliphatic heterocycles. The Morgan fingerprint density at radius 2 is 1.70 bits per heavy atom. The fourth-order valence-corrected chi connectivity index (χ4v) is 10.1. The molecule has 1 atom stereocenters. The minimum absolute atomic E-state index is 0.0971. The Morgan fingerprint density at radius 1 is 0.933 bits per heavy atom. The van der Waals surface area contributed by atoms with Crippen molar-refractivity contribution in [1.82, 2.24) is 25.5 Å². The Kier molecular flexibility index (Phi) is 13.7. The number of hydrogen-bond acceptors (Lipinski definition) is 9. The molecule has 4 heterocycles. The second-order valence-corrected chi connectivity index (χ2v) is 20.1. The Bertz CT molecular complexity index is 2310. The van der Waals surface area contributed by atoms with Gasteiger partial charge in [0.25, 0.3) is 5.91 Å². The average Bonchev–Trinajstić information content (AvgIpc) is 3.56. The van der Waals surface area contributed by atoms with Crippen LogP contribution in [0.4, 0.5) is 5.69 Å². The molecule has 14 heteroatoms. The smallest absolute Gasteiger partial charge is 0.255 e. The van der Waals surface area contributed by atoms with Crippen LogP contribution >= 0.6 is 18.7 Å². The first-order valence-electron chi connectivity index (χ1n) is 21.0. The maximum absolute atomic E-state index is 13.1. The zero-order valence-corrected chi connectivity index (χ0v) is 36.3. The van der Waals surface area contributed by atoms with Crippen LogP contribution in [0.3, 0.4) is 0 Å². The van der Waals surface area contributed by atoms with Gasteiger partial charge in [0.05, 0.1) is 17.8 Å². The predicted molar refractivity (Wildman–Crippen MR) is 234 cm³/mol. The maximum Gasteiger partial charge on any atom is 0.255 e. The first-order valence-corrected chi connectivity index (χ1v) is 24.0. The van der Waals surface area contributed by atoms with Crippen molar-refractivity contribution in [3.05, 3.63) is 111 Å². The Balaban J connectivity index is 0.832. The standard InChI is InChI=1S/C46H54ClN6O6P/c1-59-40-27-34(18-17-31(40)26-42-48-28-37(47)38(50-42)25-32-12-8-9-15-41(32)60(2,3)58)52-23-21-33(22-24-52)49-43(54)16-7-5-4-6-11-30-13-10-14-35-36(30)29-53(46(35)57)39-19-20-44(55)51-45(39)56/h8-10,12-15,17-18,27-28,33,39H,4-7,11,16,19-26,29H2,1-3H3,(H,49,54)(H,51,55,56). The van der Waals surface area contributed by atoms with Crippen molar-refractivity contribution < 1.29 is 28.5 Å². The molecule has 7 rings (SSSR count). The van der Waals surface area contributed by atoms with Crippen molar-refractivity contribution in [2.45, 2.75) is 95.7 Å². The largest absolute Gasteiger partial charge is 0.496 e. The number of hydrogen-bond donors (Lipinski definition) is 2. The number of aryl methyl sites for hydroxylation is 1. The van der Waals surface area contributed by atoms with Crippen LogP contribution in [0.2, 0.25) is 5.02 Å². The van der Waals surface area contributed by atoms with E-state index in [-0.39, 0.29) is 30.2 Å². The molecule has 60 heavy (non-hydrogen) atoms. The van der Waals surface area contributed by atoms with Crippen molar-refractivity contribution >= 4 is 53.4 Å². The summed E-state index contributed by atoms with van der Waals surface area (Å²) in [5.41, 5.74) is 6.42. The van der Waals surface area contributed by atoms with E-state index in [2.05, 4.69) is 44.8 Å². The number of carbonyl (C=O) groups excluding carboxylic acids is 4. The first-order chi connectivity index (χ1) is 28.9. The fraction of sp³-hybridized carbons (Fsp3) is 0.435. The second-order valence-electron chi connectivity index (χ2n) is 16.5. The molecule has 4 amide bonds. The highest BCUT2D eigenvalue weighted by atomic mass is 35.5. The van der Waals surface area contributed by atoms with Gasteiger partial charge in [-0.2, -0.15) is 0 Å².